The molecule has 1 heterocycles. The van der Waals surface area contributed by atoms with E-state index >= 15 is 0 Å². The normalized spacial score (nSPS) is 20.7. The van der Waals surface area contributed by atoms with E-state index in [1.165, 1.54) is 77.0 Å². The summed E-state index contributed by atoms with van der Waals surface area (Å²) in [6, 6.07) is 0. The number of unbranched alkanes of at least 4 members (excludes halogenated alkanes) is 10. The summed E-state index contributed by atoms with van der Waals surface area (Å²) in [7, 11) is 0. The predicted octanol–water partition coefficient (Wildman–Crippen LogP) is 4.92. The Balaban J connectivity index is 2.18. The van der Waals surface area contributed by atoms with E-state index in [-0.39, 0.29) is 5.79 Å². The molecule has 1 atom stereocenters. The molecule has 0 aromatic carbocycles. The maximum absolute atomic E-state index is 6.28. The van der Waals surface area contributed by atoms with Crippen molar-refractivity contribution in [2.45, 2.75) is 114 Å². The first kappa shape index (κ1) is 20.8. The van der Waals surface area contributed by atoms with Crippen molar-refractivity contribution in [1.82, 2.24) is 0 Å². The average Bonchev–Trinajstić information content (AvgIpc) is 2.88. The Bertz CT molecular complexity index is 242. The molecule has 0 saturated carbocycles. The van der Waals surface area contributed by atoms with Crippen LogP contribution in [0.25, 0.3) is 0 Å². The van der Waals surface area contributed by atoms with Crippen molar-refractivity contribution in [1.29, 1.82) is 0 Å². The maximum atomic E-state index is 6.28. The van der Waals surface area contributed by atoms with Crippen LogP contribution in [0.15, 0.2) is 0 Å². The van der Waals surface area contributed by atoms with E-state index in [1.807, 2.05) is 0 Å². The second-order valence-corrected chi connectivity index (χ2v) is 10.9. The first-order chi connectivity index (χ1) is 10.7. The van der Waals surface area contributed by atoms with Gasteiger partial charge in [-0.2, -0.15) is 0 Å². The molecule has 1 rings (SSSR count). The Kier molecular flexibility index (Phi) is 12.3. The molecule has 0 amide bonds. The molecule has 0 aliphatic carbocycles. The number of ether oxygens (including phenoxy) is 2. The molecule has 3 heteroatoms. The van der Waals surface area contributed by atoms with Crippen molar-refractivity contribution >= 4 is 22.5 Å². The zero-order chi connectivity index (χ0) is 16.1. The fourth-order valence-corrected chi connectivity index (χ4v) is 5.14. The predicted molar refractivity (Wildman–Crippen MR) is 99.5 cm³/mol. The van der Waals surface area contributed by atoms with Gasteiger partial charge >= 0.3 is 152 Å². The van der Waals surface area contributed by atoms with E-state index in [2.05, 4.69) is 13.8 Å². The molecule has 132 valence electrons. The fraction of sp³-hybridized carbons (Fsp3) is 1.00. The zero-order valence-electron chi connectivity index (χ0n) is 15.5. The second-order valence-electron chi connectivity index (χ2n) is 7.19. The van der Waals surface area contributed by atoms with Crippen molar-refractivity contribution < 1.29 is 9.47 Å². The Morgan fingerprint density at radius 1 is 0.773 bits per heavy atom. The second kappa shape index (κ2) is 13.1. The van der Waals surface area contributed by atoms with Gasteiger partial charge in [-0.05, 0) is 0 Å². The van der Waals surface area contributed by atoms with Crippen molar-refractivity contribution in [3.8, 4) is 0 Å². The first-order valence-corrected chi connectivity index (χ1v) is 13.3. The molecule has 2 nitrogen and oxygen atoms in total. The summed E-state index contributed by atoms with van der Waals surface area (Å²) in [5, 5.41) is 0. The molecule has 1 fully saturated rings. The van der Waals surface area contributed by atoms with E-state index in [9.17, 15) is 0 Å². The Hall–Kier alpha value is 0.719. The van der Waals surface area contributed by atoms with Crippen LogP contribution >= 0.6 is 0 Å². The average molecular weight is 419 g/mol. The molecule has 1 aliphatic heterocycles. The van der Waals surface area contributed by atoms with Crippen molar-refractivity contribution in [2.24, 2.45) is 0 Å². The van der Waals surface area contributed by atoms with Crippen LogP contribution in [0.1, 0.15) is 104 Å². The first-order valence-electron chi connectivity index (χ1n) is 10.0. The molecule has 0 spiro atoms. The third-order valence-electron chi connectivity index (χ3n) is 4.82. The molecule has 0 aromatic heterocycles. The fourth-order valence-electron chi connectivity index (χ4n) is 3.44. The molecule has 22 heavy (non-hydrogen) atoms. The van der Waals surface area contributed by atoms with Gasteiger partial charge in [0.15, 0.2) is 0 Å². The van der Waals surface area contributed by atoms with E-state index in [4.69, 9.17) is 9.47 Å². The van der Waals surface area contributed by atoms with Crippen LogP contribution in [0.5, 0.6) is 0 Å². The molecule has 0 aromatic rings. The van der Waals surface area contributed by atoms with E-state index in [0.717, 1.165) is 19.4 Å². The molecule has 0 N–H and O–H groups in total. The van der Waals surface area contributed by atoms with Crippen LogP contribution in [0.3, 0.4) is 0 Å². The number of rotatable bonds is 14. The Morgan fingerprint density at radius 3 is 1.64 bits per heavy atom. The van der Waals surface area contributed by atoms with E-state index in [0.29, 0.717) is 26.6 Å². The van der Waals surface area contributed by atoms with Gasteiger partial charge in [-0.1, -0.05) is 0 Å². The van der Waals surface area contributed by atoms with Crippen LogP contribution in [0.4, 0.5) is 0 Å². The van der Waals surface area contributed by atoms with Gasteiger partial charge in [0, 0.05) is 0 Å². The molecule has 1 saturated heterocycles. The summed E-state index contributed by atoms with van der Waals surface area (Å²) in [6.45, 7) is 5.44. The molecule has 0 bridgehead atoms. The summed E-state index contributed by atoms with van der Waals surface area (Å²) < 4.78 is 12.9. The van der Waals surface area contributed by atoms with Crippen LogP contribution in [-0.4, -0.2) is 39.0 Å². The van der Waals surface area contributed by atoms with Crippen molar-refractivity contribution in [2.75, 3.05) is 6.61 Å². The van der Waals surface area contributed by atoms with Gasteiger partial charge in [-0.15, -0.1) is 0 Å². The molecular weight excluding hydrogens is 379 g/mol. The molecule has 1 aliphatic rings. The van der Waals surface area contributed by atoms with Crippen LogP contribution in [0.2, 0.25) is 0 Å². The minimum atomic E-state index is -0.189. The summed E-state index contributed by atoms with van der Waals surface area (Å²) in [5.41, 5.74) is 0. The van der Waals surface area contributed by atoms with Crippen LogP contribution in [0, 0.1) is 0 Å². The Labute approximate surface area is 152 Å². The van der Waals surface area contributed by atoms with Gasteiger partial charge in [0.05, 0.1) is 0 Å². The monoisotopic (exact) mass is 420 g/mol. The van der Waals surface area contributed by atoms with Crippen LogP contribution < -0.4 is 0 Å². The summed E-state index contributed by atoms with van der Waals surface area (Å²) >= 11 is 0.564. The van der Waals surface area contributed by atoms with E-state index < -0.39 is 0 Å². The molecular formula is C19H40O2Sn. The minimum absolute atomic E-state index is 0.189. The van der Waals surface area contributed by atoms with Crippen LogP contribution in [-0.2, 0) is 9.47 Å². The van der Waals surface area contributed by atoms with Gasteiger partial charge < -0.3 is 0 Å². The topological polar surface area (TPSA) is 18.5 Å². The summed E-state index contributed by atoms with van der Waals surface area (Å²) in [6.07, 6.45) is 18.5. The molecule has 1 unspecified atom stereocenters. The SMILES string of the molecule is CCCCCCCCC1(CCCCCCCC)OC[CH]([SnH3])O1. The zero-order valence-corrected chi connectivity index (χ0v) is 21.2. The van der Waals surface area contributed by atoms with Gasteiger partial charge in [0.2, 0.25) is 0 Å². The molecule has 0 radical (unpaired) electrons. The summed E-state index contributed by atoms with van der Waals surface area (Å²) in [4.78, 5) is 0. The van der Waals surface area contributed by atoms with Crippen molar-refractivity contribution in [3.05, 3.63) is 0 Å². The van der Waals surface area contributed by atoms with Gasteiger partial charge in [0.25, 0.3) is 0 Å². The standard InChI is InChI=1S/C19H37O2.Sn.3H/c1-3-5-7-9-11-13-15-19(20-17-18-21-19)16-14-12-10-8-6-4-2;;;;/h17H,3-16,18H2,1-2H3;;;;. The van der Waals surface area contributed by atoms with E-state index in [1.54, 1.807) is 0 Å². The third kappa shape index (κ3) is 9.12. The number of hydrogen-bond donors (Lipinski definition) is 0. The van der Waals surface area contributed by atoms with Gasteiger partial charge in [-0.25, -0.2) is 0 Å². The number of hydrogen-bond acceptors (Lipinski definition) is 2. The van der Waals surface area contributed by atoms with Crippen molar-refractivity contribution in [3.63, 3.8) is 0 Å². The quantitative estimate of drug-likeness (QED) is 0.294. The van der Waals surface area contributed by atoms with Gasteiger partial charge in [0.1, 0.15) is 0 Å². The summed E-state index contributed by atoms with van der Waals surface area (Å²) in [5.74, 6) is -0.189. The van der Waals surface area contributed by atoms with Gasteiger partial charge in [-0.3, -0.25) is 0 Å². The Morgan fingerprint density at radius 2 is 1.23 bits per heavy atom. The third-order valence-corrected chi connectivity index (χ3v) is 6.44.